The Hall–Kier alpha value is -3.88. The van der Waals surface area contributed by atoms with Crippen LogP contribution in [-0.4, -0.2) is 38.6 Å². The van der Waals surface area contributed by atoms with Crippen LogP contribution in [0.3, 0.4) is 0 Å². The molecule has 3 aromatic heterocycles. The van der Waals surface area contributed by atoms with Crippen LogP contribution in [0.4, 0.5) is 0 Å². The molecule has 130 valence electrons. The third kappa shape index (κ3) is 2.61. The fourth-order valence-corrected chi connectivity index (χ4v) is 2.84. The van der Waals surface area contributed by atoms with Crippen LogP contribution >= 0.6 is 0 Å². The molecule has 0 aliphatic heterocycles. The van der Waals surface area contributed by atoms with E-state index < -0.39 is 11.8 Å². The number of benzene rings is 1. The number of nitrogens with zero attached hydrogens (tertiary/aromatic N) is 2. The zero-order valence-corrected chi connectivity index (χ0v) is 13.4. The number of nitrogens with one attached hydrogen (secondary N) is 2. The first-order valence-corrected chi connectivity index (χ1v) is 7.69. The molecule has 2 amide bonds. The molecule has 4 rings (SSSR count). The van der Waals surface area contributed by atoms with Gasteiger partial charge in [0, 0.05) is 28.0 Å². The van der Waals surface area contributed by atoms with Gasteiger partial charge in [-0.15, -0.1) is 0 Å². The summed E-state index contributed by atoms with van der Waals surface area (Å²) < 4.78 is 5.38. The molecule has 0 spiro atoms. The van der Waals surface area contributed by atoms with Crippen LogP contribution in [0.2, 0.25) is 0 Å². The van der Waals surface area contributed by atoms with Gasteiger partial charge >= 0.3 is 0 Å². The highest BCUT2D eigenvalue weighted by Gasteiger charge is 2.16. The molecule has 0 fully saturated rings. The number of rotatable bonds is 5. The number of pyridine rings is 1. The van der Waals surface area contributed by atoms with Gasteiger partial charge in [-0.2, -0.15) is 5.10 Å². The summed E-state index contributed by atoms with van der Waals surface area (Å²) in [6.07, 6.45) is 3.45. The summed E-state index contributed by atoms with van der Waals surface area (Å²) in [6.45, 7) is -0.210. The number of fused-ring (bicyclic) bond motifs is 2. The second-order valence-electron chi connectivity index (χ2n) is 5.72. The lowest BCUT2D eigenvalue weighted by molar-refractivity contribution is -0.119. The van der Waals surface area contributed by atoms with Gasteiger partial charge in [-0.3, -0.25) is 14.7 Å². The number of amides is 2. The maximum atomic E-state index is 11.6. The van der Waals surface area contributed by atoms with Gasteiger partial charge in [-0.25, -0.2) is 4.98 Å². The number of nitrogens with two attached hydrogens (primary N) is 2. The van der Waals surface area contributed by atoms with E-state index in [0.717, 1.165) is 27.4 Å². The topological polar surface area (TPSA) is 153 Å². The quantitative estimate of drug-likeness (QED) is 0.424. The van der Waals surface area contributed by atoms with Gasteiger partial charge in [0.1, 0.15) is 11.4 Å². The minimum atomic E-state index is -0.631. The molecule has 0 bridgehead atoms. The number of primary amides is 2. The second-order valence-corrected chi connectivity index (χ2v) is 5.72. The zero-order valence-electron chi connectivity index (χ0n) is 13.4. The second kappa shape index (κ2) is 5.88. The smallest absolute Gasteiger partial charge is 0.267 e. The highest BCUT2D eigenvalue weighted by atomic mass is 16.5. The lowest BCUT2D eigenvalue weighted by atomic mass is 10.0. The molecule has 6 N–H and O–H groups in total. The van der Waals surface area contributed by atoms with E-state index >= 15 is 0 Å². The summed E-state index contributed by atoms with van der Waals surface area (Å²) in [7, 11) is 0. The molecule has 0 aliphatic rings. The number of carbonyl (C=O) groups excluding carboxylic acids is 2. The van der Waals surface area contributed by atoms with E-state index in [1.165, 1.54) is 0 Å². The van der Waals surface area contributed by atoms with Crippen molar-refractivity contribution in [2.24, 2.45) is 11.5 Å². The fraction of sp³-hybridized carbons (Fsp3) is 0.0588. The van der Waals surface area contributed by atoms with Crippen molar-refractivity contribution in [3.63, 3.8) is 0 Å². The van der Waals surface area contributed by atoms with Crippen LogP contribution < -0.4 is 16.2 Å². The molecular formula is C17H14N6O3. The van der Waals surface area contributed by atoms with Crippen molar-refractivity contribution in [2.75, 3.05) is 6.61 Å². The van der Waals surface area contributed by atoms with Crippen molar-refractivity contribution in [3.05, 3.63) is 42.4 Å². The van der Waals surface area contributed by atoms with Gasteiger partial charge in [-0.1, -0.05) is 0 Å². The highest BCUT2D eigenvalue weighted by Crippen LogP contribution is 2.35. The maximum absolute atomic E-state index is 11.6. The molecule has 0 saturated carbocycles. The Labute approximate surface area is 146 Å². The van der Waals surface area contributed by atoms with E-state index in [9.17, 15) is 9.59 Å². The highest BCUT2D eigenvalue weighted by molar-refractivity contribution is 6.06. The molecule has 0 radical (unpaired) electrons. The number of carbonyl (C=O) groups is 2. The monoisotopic (exact) mass is 350 g/mol. The Morgan fingerprint density at radius 1 is 1.12 bits per heavy atom. The summed E-state index contributed by atoms with van der Waals surface area (Å²) in [5.41, 5.74) is 13.5. The lowest BCUT2D eigenvalue weighted by Gasteiger charge is -2.06. The first-order valence-electron chi connectivity index (χ1n) is 7.69. The van der Waals surface area contributed by atoms with Crippen molar-refractivity contribution in [2.45, 2.75) is 0 Å². The molecule has 0 saturated heterocycles. The normalized spacial score (nSPS) is 11.1. The van der Waals surface area contributed by atoms with Crippen molar-refractivity contribution in [3.8, 4) is 16.9 Å². The van der Waals surface area contributed by atoms with E-state index in [1.807, 2.05) is 12.3 Å². The molecular weight excluding hydrogens is 336 g/mol. The first-order chi connectivity index (χ1) is 12.5. The third-order valence-corrected chi connectivity index (χ3v) is 4.00. The van der Waals surface area contributed by atoms with Crippen LogP contribution in [-0.2, 0) is 4.79 Å². The van der Waals surface area contributed by atoms with Gasteiger partial charge in [0.05, 0.1) is 6.20 Å². The average molecular weight is 350 g/mol. The van der Waals surface area contributed by atoms with E-state index in [0.29, 0.717) is 11.4 Å². The van der Waals surface area contributed by atoms with Gasteiger partial charge in [0.15, 0.2) is 12.3 Å². The number of aromatic amines is 2. The van der Waals surface area contributed by atoms with Crippen LogP contribution in [0.1, 0.15) is 10.5 Å². The van der Waals surface area contributed by atoms with Crippen molar-refractivity contribution < 1.29 is 14.3 Å². The Balaban J connectivity index is 1.90. The molecule has 0 aliphatic carbocycles. The predicted octanol–water partition coefficient (Wildman–Crippen LogP) is 1.07. The fourth-order valence-electron chi connectivity index (χ4n) is 2.84. The van der Waals surface area contributed by atoms with Crippen LogP contribution in [0, 0.1) is 0 Å². The molecule has 0 atom stereocenters. The molecule has 1 aromatic carbocycles. The molecule has 3 heterocycles. The number of hydrogen-bond acceptors (Lipinski definition) is 5. The van der Waals surface area contributed by atoms with Crippen LogP contribution in [0.25, 0.3) is 33.1 Å². The number of H-pyrrole nitrogens is 2. The van der Waals surface area contributed by atoms with Gasteiger partial charge in [0.25, 0.3) is 11.8 Å². The molecule has 0 unspecified atom stereocenters. The molecule has 9 nitrogen and oxygen atoms in total. The SMILES string of the molecule is NC(=O)COc1ccc2[nH]cc(-c3cc(C(N)=O)nc4[nH]ncc34)c2c1. The third-order valence-electron chi connectivity index (χ3n) is 4.00. The summed E-state index contributed by atoms with van der Waals surface area (Å²) in [5, 5.41) is 8.34. The van der Waals surface area contributed by atoms with E-state index in [4.69, 9.17) is 16.2 Å². The van der Waals surface area contributed by atoms with Crippen molar-refractivity contribution in [1.82, 2.24) is 20.2 Å². The Bertz CT molecular complexity index is 1160. The first kappa shape index (κ1) is 15.6. The Morgan fingerprint density at radius 3 is 2.73 bits per heavy atom. The number of hydrogen-bond donors (Lipinski definition) is 4. The van der Waals surface area contributed by atoms with E-state index in [-0.39, 0.29) is 12.3 Å². The summed E-state index contributed by atoms with van der Waals surface area (Å²) in [4.78, 5) is 29.9. The molecule has 9 heteroatoms. The molecule has 4 aromatic rings. The Morgan fingerprint density at radius 2 is 1.96 bits per heavy atom. The maximum Gasteiger partial charge on any atom is 0.267 e. The number of aromatic nitrogens is 4. The Kier molecular flexibility index (Phi) is 3.54. The van der Waals surface area contributed by atoms with Crippen molar-refractivity contribution in [1.29, 1.82) is 0 Å². The summed E-state index contributed by atoms with van der Waals surface area (Å²) in [5.74, 6) is -0.683. The van der Waals surface area contributed by atoms with E-state index in [2.05, 4.69) is 20.2 Å². The number of ether oxygens (including phenoxy) is 1. The van der Waals surface area contributed by atoms with Gasteiger partial charge < -0.3 is 21.2 Å². The zero-order chi connectivity index (χ0) is 18.3. The predicted molar refractivity (Wildman–Crippen MR) is 94.4 cm³/mol. The van der Waals surface area contributed by atoms with Crippen molar-refractivity contribution >= 4 is 33.8 Å². The molecule has 26 heavy (non-hydrogen) atoms. The van der Waals surface area contributed by atoms with Crippen LogP contribution in [0.15, 0.2) is 36.7 Å². The lowest BCUT2D eigenvalue weighted by Crippen LogP contribution is -2.19. The average Bonchev–Trinajstić information content (AvgIpc) is 3.25. The van der Waals surface area contributed by atoms with Crippen LogP contribution in [0.5, 0.6) is 5.75 Å². The standard InChI is InChI=1S/C17H14N6O3/c18-15(24)7-26-8-1-2-13-10(3-8)11(5-20-13)9-4-14(16(19)25)22-17-12(9)6-21-23-17/h1-6,20H,7H2,(H2,18,24)(H2,19,25)(H,21,22,23). The largest absolute Gasteiger partial charge is 0.484 e. The minimum absolute atomic E-state index is 0.132. The van der Waals surface area contributed by atoms with E-state index in [1.54, 1.807) is 24.4 Å². The minimum Gasteiger partial charge on any atom is -0.484 e. The summed E-state index contributed by atoms with van der Waals surface area (Å²) in [6, 6.07) is 6.98. The van der Waals surface area contributed by atoms with Gasteiger partial charge in [0.2, 0.25) is 0 Å². The van der Waals surface area contributed by atoms with Gasteiger partial charge in [-0.05, 0) is 29.8 Å². The summed E-state index contributed by atoms with van der Waals surface area (Å²) >= 11 is 0.